The fraction of sp³-hybridized carbons (Fsp3) is 0.345. The Balaban J connectivity index is 0.732. The van der Waals surface area contributed by atoms with Crippen LogP contribution in [0.25, 0.3) is 32.7 Å². The van der Waals surface area contributed by atoms with E-state index in [1.165, 1.54) is 10.5 Å². The number of aliphatic hydroxyl groups is 1. The van der Waals surface area contributed by atoms with Gasteiger partial charge in [0.15, 0.2) is 0 Å². The van der Waals surface area contributed by atoms with E-state index in [1.807, 2.05) is 86.9 Å². The number of benzene rings is 4. The standard InChI is InChI=1S/C55H59ClN10O5S/c1-34(2)49(66-30-41-9-4-6-10-43(41)54(66)69)55(70)65-31-42(67)25-47(65)53(68)58-28-40-17-16-38(50-35(3)61-33-72-50)24-48(40)71-23-22-63-18-20-64(21-19-63)29-36-12-14-37(15-13-36)46-26-44-51(59-32-60-52(44)62-46)57-27-39-8-5-7-11-45(39)56/h4-17,24,26,32-34,42,47,49,67H,18-23,25,27-31H2,1-3H3,(H,58,68)(H2,57,59,60,62)/t42-,47+,49?/m1/s1. The molecule has 3 aliphatic heterocycles. The van der Waals surface area contributed by atoms with Crippen molar-refractivity contribution >= 4 is 57.5 Å². The van der Waals surface area contributed by atoms with E-state index in [1.54, 1.807) is 28.6 Å². The highest BCUT2D eigenvalue weighted by Gasteiger charge is 2.46. The van der Waals surface area contributed by atoms with Crippen LogP contribution in [0.2, 0.25) is 5.02 Å². The molecule has 2 fully saturated rings. The molecule has 15 nitrogen and oxygen atoms in total. The average Bonchev–Trinajstić information content (AvgIpc) is 4.19. The second-order valence-electron chi connectivity index (χ2n) is 19.3. The highest BCUT2D eigenvalue weighted by Crippen LogP contribution is 2.34. The first kappa shape index (κ1) is 48.9. The molecule has 0 radical (unpaired) electrons. The zero-order chi connectivity index (χ0) is 49.9. The van der Waals surface area contributed by atoms with Gasteiger partial charge in [0.2, 0.25) is 11.8 Å². The number of H-pyrrole nitrogens is 1. The fourth-order valence-electron chi connectivity index (χ4n) is 10.2. The molecule has 372 valence electrons. The summed E-state index contributed by atoms with van der Waals surface area (Å²) in [6.07, 6.45) is 0.807. The molecule has 17 heteroatoms. The summed E-state index contributed by atoms with van der Waals surface area (Å²) in [5.74, 6) is 0.305. The molecule has 0 bridgehead atoms. The Morgan fingerprint density at radius 1 is 0.903 bits per heavy atom. The lowest BCUT2D eigenvalue weighted by atomic mass is 10.0. The van der Waals surface area contributed by atoms with E-state index in [0.717, 1.165) is 100 Å². The molecule has 0 saturated carbocycles. The van der Waals surface area contributed by atoms with Crippen molar-refractivity contribution in [3.05, 3.63) is 147 Å². The summed E-state index contributed by atoms with van der Waals surface area (Å²) in [4.78, 5) is 67.8. The van der Waals surface area contributed by atoms with Crippen LogP contribution in [0.4, 0.5) is 5.82 Å². The topological polar surface area (TPSA) is 172 Å². The lowest BCUT2D eigenvalue weighted by Gasteiger charge is -2.35. The highest BCUT2D eigenvalue weighted by molar-refractivity contribution is 7.13. The molecule has 0 aliphatic carbocycles. The lowest BCUT2D eigenvalue weighted by Crippen LogP contribution is -2.55. The SMILES string of the molecule is Cc1ncsc1-c1ccc(CNC(=O)[C@@H]2C[C@@H](O)CN2C(=O)C(C(C)C)N2Cc3ccccc3C2=O)c(OCCN2CCN(Cc3ccc(-c4cc5c(NCc6ccccc6Cl)ncnc5[nH]4)cc3)CC2)c1. The van der Waals surface area contributed by atoms with Crippen molar-refractivity contribution < 1.29 is 24.2 Å². The number of β-amino-alcohol motifs (C(OH)–C–C–N with tert-alkyl or cyclic N) is 1. The Bertz CT molecular complexity index is 3080. The maximum atomic E-state index is 14.3. The molecule has 3 amide bonds. The molecule has 2 saturated heterocycles. The second kappa shape index (κ2) is 21.6. The minimum absolute atomic E-state index is 0.0177. The van der Waals surface area contributed by atoms with Crippen LogP contribution >= 0.6 is 22.9 Å². The second-order valence-corrected chi connectivity index (χ2v) is 20.5. The summed E-state index contributed by atoms with van der Waals surface area (Å²) >= 11 is 7.96. The van der Waals surface area contributed by atoms with Crippen molar-refractivity contribution in [3.63, 3.8) is 0 Å². The molecule has 3 aromatic heterocycles. The van der Waals surface area contributed by atoms with Crippen molar-refractivity contribution in [2.75, 3.05) is 51.2 Å². The average molecular weight is 1010 g/mol. The van der Waals surface area contributed by atoms with Gasteiger partial charge in [0.05, 0.1) is 27.6 Å². The highest BCUT2D eigenvalue weighted by atomic mass is 35.5. The number of amides is 3. The first-order chi connectivity index (χ1) is 35.0. The van der Waals surface area contributed by atoms with Gasteiger partial charge in [-0.15, -0.1) is 11.3 Å². The molecule has 4 aromatic carbocycles. The van der Waals surface area contributed by atoms with Crippen LogP contribution in [0.1, 0.15) is 58.6 Å². The van der Waals surface area contributed by atoms with Crippen molar-refractivity contribution in [1.29, 1.82) is 0 Å². The zero-order valence-electron chi connectivity index (χ0n) is 40.7. The van der Waals surface area contributed by atoms with Crippen molar-refractivity contribution in [3.8, 4) is 27.4 Å². The molecule has 7 aromatic rings. The maximum absolute atomic E-state index is 14.3. The smallest absolute Gasteiger partial charge is 0.255 e. The van der Waals surface area contributed by atoms with Gasteiger partial charge in [0.1, 0.15) is 42.2 Å². The number of aromatic nitrogens is 4. The van der Waals surface area contributed by atoms with E-state index >= 15 is 0 Å². The fourth-order valence-corrected chi connectivity index (χ4v) is 11.2. The molecular weight excluding hydrogens is 948 g/mol. The minimum atomic E-state index is -0.889. The number of hydrogen-bond acceptors (Lipinski definition) is 12. The summed E-state index contributed by atoms with van der Waals surface area (Å²) in [5, 5.41) is 18.9. The Kier molecular flexibility index (Phi) is 14.7. The van der Waals surface area contributed by atoms with Crippen molar-refractivity contribution in [2.45, 2.75) is 71.6 Å². The Morgan fingerprint density at radius 3 is 2.43 bits per heavy atom. The number of anilines is 1. The number of aryl methyl sites for hydroxylation is 1. The van der Waals surface area contributed by atoms with E-state index in [0.29, 0.717) is 36.0 Å². The minimum Gasteiger partial charge on any atom is -0.492 e. The predicted octanol–water partition coefficient (Wildman–Crippen LogP) is 7.78. The van der Waals surface area contributed by atoms with Gasteiger partial charge in [0, 0.05) is 93.7 Å². The molecule has 1 unspecified atom stereocenters. The van der Waals surface area contributed by atoms with Gasteiger partial charge in [-0.25, -0.2) is 15.0 Å². The molecule has 3 aliphatic rings. The van der Waals surface area contributed by atoms with E-state index in [-0.39, 0.29) is 43.1 Å². The van der Waals surface area contributed by atoms with Crippen LogP contribution in [0.3, 0.4) is 0 Å². The quantitative estimate of drug-likeness (QED) is 0.0703. The van der Waals surface area contributed by atoms with Gasteiger partial charge in [-0.1, -0.05) is 98.2 Å². The normalized spacial score (nSPS) is 17.7. The number of halogens is 1. The summed E-state index contributed by atoms with van der Waals surface area (Å²) in [6.45, 7) is 12.6. The Labute approximate surface area is 428 Å². The van der Waals surface area contributed by atoms with Crippen LogP contribution in [0.5, 0.6) is 5.75 Å². The van der Waals surface area contributed by atoms with Gasteiger partial charge in [-0.3, -0.25) is 24.2 Å². The molecule has 6 heterocycles. The molecule has 72 heavy (non-hydrogen) atoms. The number of nitrogens with zero attached hydrogens (tertiary/aromatic N) is 7. The van der Waals surface area contributed by atoms with Gasteiger partial charge in [-0.2, -0.15) is 0 Å². The van der Waals surface area contributed by atoms with E-state index in [9.17, 15) is 19.5 Å². The van der Waals surface area contributed by atoms with Gasteiger partial charge >= 0.3 is 0 Å². The third-order valence-electron chi connectivity index (χ3n) is 14.1. The lowest BCUT2D eigenvalue weighted by molar-refractivity contribution is -0.143. The van der Waals surface area contributed by atoms with Crippen LogP contribution in [-0.2, 0) is 35.8 Å². The number of aromatic amines is 1. The number of rotatable bonds is 17. The van der Waals surface area contributed by atoms with E-state index in [4.69, 9.17) is 16.3 Å². The number of thiazole rings is 1. The first-order valence-corrected chi connectivity index (χ1v) is 25.9. The number of hydrogen-bond donors (Lipinski definition) is 4. The molecule has 4 N–H and O–H groups in total. The number of carbonyl (C=O) groups excluding carboxylic acids is 3. The predicted molar refractivity (Wildman–Crippen MR) is 281 cm³/mol. The number of piperazine rings is 1. The Morgan fingerprint density at radius 2 is 1.67 bits per heavy atom. The van der Waals surface area contributed by atoms with Crippen LogP contribution < -0.4 is 15.4 Å². The van der Waals surface area contributed by atoms with Crippen LogP contribution in [0.15, 0.2) is 109 Å². The molecule has 10 rings (SSSR count). The number of aliphatic hydroxyl groups excluding tert-OH is 1. The molecule has 3 atom stereocenters. The summed E-state index contributed by atoms with van der Waals surface area (Å²) in [5.41, 5.74) is 11.1. The number of nitrogens with one attached hydrogen (secondary N) is 3. The number of fused-ring (bicyclic) bond motifs is 2. The first-order valence-electron chi connectivity index (χ1n) is 24.6. The van der Waals surface area contributed by atoms with Gasteiger partial charge < -0.3 is 35.3 Å². The van der Waals surface area contributed by atoms with Crippen LogP contribution in [-0.4, -0.2) is 126 Å². The third-order valence-corrected chi connectivity index (χ3v) is 15.4. The summed E-state index contributed by atoms with van der Waals surface area (Å²) < 4.78 is 6.55. The van der Waals surface area contributed by atoms with Crippen LogP contribution in [0, 0.1) is 12.8 Å². The third kappa shape index (κ3) is 10.6. The Hall–Kier alpha value is -6.69. The van der Waals surface area contributed by atoms with Gasteiger partial charge in [-0.05, 0) is 64.9 Å². The summed E-state index contributed by atoms with van der Waals surface area (Å²) in [6, 6.07) is 30.3. The zero-order valence-corrected chi connectivity index (χ0v) is 42.3. The molecule has 0 spiro atoms. The van der Waals surface area contributed by atoms with E-state index < -0.39 is 18.2 Å². The van der Waals surface area contributed by atoms with E-state index in [2.05, 4.69) is 70.7 Å². The number of carbonyl (C=O) groups is 3. The maximum Gasteiger partial charge on any atom is 0.255 e. The number of ether oxygens (including phenoxy) is 1. The monoisotopic (exact) mass is 1010 g/mol. The molecular formula is C55H59ClN10O5S. The largest absolute Gasteiger partial charge is 0.492 e. The van der Waals surface area contributed by atoms with Crippen molar-refractivity contribution in [1.82, 2.24) is 44.9 Å². The van der Waals surface area contributed by atoms with Crippen molar-refractivity contribution in [2.24, 2.45) is 5.92 Å². The van der Waals surface area contributed by atoms with Gasteiger partial charge in [0.25, 0.3) is 5.91 Å². The number of likely N-dealkylation sites (tertiary alicyclic amines) is 1. The summed E-state index contributed by atoms with van der Waals surface area (Å²) in [7, 11) is 0.